The van der Waals surface area contributed by atoms with Gasteiger partial charge in [0.15, 0.2) is 5.78 Å². The largest absolute Gasteiger partial charge is 0.481 e. The summed E-state index contributed by atoms with van der Waals surface area (Å²) in [4.78, 5) is 272. The molecule has 0 aliphatic carbocycles. The Morgan fingerprint density at radius 1 is 0.531 bits per heavy atom. The minimum Gasteiger partial charge on any atom is -0.481 e. The Morgan fingerprint density at radius 2 is 1.05 bits per heavy atom. The van der Waals surface area contributed by atoms with Crippen molar-refractivity contribution < 1.29 is 126 Å². The summed E-state index contributed by atoms with van der Waals surface area (Å²) in [5.74, 6) is -29.2. The van der Waals surface area contributed by atoms with E-state index in [9.17, 15) is 121 Å². The number of aliphatic hydroxyl groups is 1. The number of para-hydroxylation sites is 1. The number of unbranched alkanes of at least 4 members (excludes halogenated alkanes) is 6. The Kier molecular flexibility index (Phi) is 41.1. The van der Waals surface area contributed by atoms with Crippen LogP contribution in [0.1, 0.15) is 140 Å². The van der Waals surface area contributed by atoms with Crippen LogP contribution in [0.3, 0.4) is 0 Å². The van der Waals surface area contributed by atoms with Crippen molar-refractivity contribution in [3.05, 3.63) is 65.7 Å². The topological polar surface area (TPSA) is 698 Å². The van der Waals surface area contributed by atoms with Crippen molar-refractivity contribution in [2.75, 3.05) is 38.5 Å². The second-order valence-corrected chi connectivity index (χ2v) is 26.5. The summed E-state index contributed by atoms with van der Waals surface area (Å²) in [6, 6.07) is -10.1. The molecule has 13 atom stereocenters. The fraction of sp³-hybridized carbons (Fsp3) is 0.543. The number of nitrogens with two attached hydrogens (primary N) is 3. The Hall–Kier alpha value is -12.4. The quantitative estimate of drug-likeness (QED) is 0.0132. The number of benzene rings is 2. The summed E-state index contributed by atoms with van der Waals surface area (Å²) in [5, 5.41) is 80.3. The normalized spacial score (nSPS) is 21.2. The third kappa shape index (κ3) is 35.0. The Morgan fingerprint density at radius 3 is 1.63 bits per heavy atom. The molecule has 113 heavy (non-hydrogen) atoms. The third-order valence-electron chi connectivity index (χ3n) is 17.1. The molecule has 0 aromatic heterocycles. The number of hydrogen-bond donors (Lipinski definition) is 22. The fourth-order valence-corrected chi connectivity index (χ4v) is 11.0. The Bertz CT molecular complexity index is 3740. The number of ether oxygens (including phenoxy) is 1. The van der Waals surface area contributed by atoms with Crippen LogP contribution in [-0.2, 0) is 97.5 Å². The molecule has 25 N–H and O–H groups in total. The van der Waals surface area contributed by atoms with Crippen LogP contribution >= 0.6 is 0 Å². The third-order valence-corrected chi connectivity index (χ3v) is 17.1. The average Bonchev–Trinajstić information content (AvgIpc) is 0.865. The molecule has 1 saturated heterocycles. The SMILES string of the molecule is CCCCCCCCCNC(=O)N[C@H](Cc1ccccc1)C(=O)N[C@@H](CC(N)=O)C(=O)N[C@@H](CC(=O)O)C(=O)NC1C(=O)NCC(=O)NC(CCCN)C(=O)NC(CC(=O)O)C(=O)NC(C)C(=O)NC(CC(=O)O)C(=O)NCC(=O)NC(CO)C(=O)NC(C(C)CC(=O)O)C(=O)NC(CC(=O)c2ccccc2N)C(=O)OC1C. The molecule has 0 spiro atoms. The van der Waals surface area contributed by atoms with E-state index in [0.717, 1.165) is 59.3 Å². The molecule has 2 aromatic carbocycles. The molecular formula is C70H101N17O26. The molecule has 1 aliphatic rings. The van der Waals surface area contributed by atoms with Gasteiger partial charge in [-0.3, -0.25) is 86.3 Å². The summed E-state index contributed by atoms with van der Waals surface area (Å²) in [6.45, 7) is 1.33. The summed E-state index contributed by atoms with van der Waals surface area (Å²) >= 11 is 0. The lowest BCUT2D eigenvalue weighted by molar-refractivity contribution is -0.156. The molecule has 0 radical (unpaired) electrons. The Balaban J connectivity index is 2.27. The molecule has 1 fully saturated rings. The van der Waals surface area contributed by atoms with Crippen molar-refractivity contribution in [1.29, 1.82) is 0 Å². The number of Topliss-reactive ketones (excluding diaryl/α,β-unsaturated/α-hetero) is 1. The first-order chi connectivity index (χ1) is 53.4. The number of hydrogen-bond acceptors (Lipinski definition) is 24. The van der Waals surface area contributed by atoms with Crippen LogP contribution < -0.4 is 91.6 Å². The highest BCUT2D eigenvalue weighted by Gasteiger charge is 2.41. The number of carboxylic acids is 4. The zero-order valence-corrected chi connectivity index (χ0v) is 62.6. The maximum absolute atomic E-state index is 14.8. The van der Waals surface area contributed by atoms with E-state index in [1.165, 1.54) is 24.3 Å². The van der Waals surface area contributed by atoms with Gasteiger partial charge in [0.2, 0.25) is 76.8 Å². The number of carbonyl (C=O) groups is 20. The number of cyclic esters (lactones) is 1. The fourth-order valence-electron chi connectivity index (χ4n) is 11.0. The molecule has 1 heterocycles. The average molecular weight is 1600 g/mol. The van der Waals surface area contributed by atoms with Gasteiger partial charge >= 0.3 is 35.9 Å². The second-order valence-electron chi connectivity index (χ2n) is 26.5. The highest BCUT2D eigenvalue weighted by Crippen LogP contribution is 2.18. The van der Waals surface area contributed by atoms with Gasteiger partial charge in [-0.1, -0.05) is 94.8 Å². The van der Waals surface area contributed by atoms with Gasteiger partial charge in [0.05, 0.1) is 51.8 Å². The lowest BCUT2D eigenvalue weighted by Crippen LogP contribution is -2.62. The van der Waals surface area contributed by atoms with Crippen LogP contribution in [0, 0.1) is 5.92 Å². The van der Waals surface area contributed by atoms with E-state index in [-0.39, 0.29) is 37.2 Å². The van der Waals surface area contributed by atoms with Crippen molar-refractivity contribution in [2.24, 2.45) is 17.4 Å². The predicted octanol–water partition coefficient (Wildman–Crippen LogP) is -6.31. The molecule has 43 heteroatoms. The minimum absolute atomic E-state index is 0.0933. The molecule has 1 aliphatic heterocycles. The number of nitrogens with one attached hydrogen (secondary N) is 14. The molecule has 10 unspecified atom stereocenters. The minimum atomic E-state index is -2.45. The number of carbonyl (C=O) groups excluding carboxylic acids is 16. The van der Waals surface area contributed by atoms with E-state index in [1.807, 2.05) is 16.0 Å². The van der Waals surface area contributed by atoms with Crippen LogP contribution in [0.5, 0.6) is 0 Å². The standard InChI is InChI=1S/C70H101N17O26/c1-5-6-7-8-9-10-16-24-74-70(112)85-42(26-38-18-12-11-13-19-38)63(105)81-43(28-50(73)90)64(106)83-46(31-56(99)100)65(107)87-58-37(4)113-69(111)47(27-49(89)39-20-14-15-21-40(39)72)84-68(110)57(35(2)25-53(93)94)86-66(108)48(34-88)79-52(92)32-75-60(102)44(29-54(95)96)80-59(101)36(3)77-62(104)45(30-55(97)98)82-61(103)41(22-17-23-71)78-51(91)33-76-67(58)109/h11-15,18-21,35-37,41-48,57-58,88H,5-10,16-17,22-34,71-72H2,1-4H3,(H2,73,90)(H,75,102)(H,76,109)(H,77,104)(H,78,91)(H,79,92)(H,80,101)(H,81,105)(H,82,103)(H,83,106)(H,84,110)(H,86,108)(H,87,107)(H,93,94)(H,95,96)(H,97,98)(H,99,100)(H2,74,85,112)/t35?,36?,37?,41?,42-,43+,44?,45?,46+,47?,48?,57?,58?/m1/s1. The van der Waals surface area contributed by atoms with E-state index in [0.29, 0.717) is 12.0 Å². The smallest absolute Gasteiger partial charge is 0.329 e. The highest BCUT2D eigenvalue weighted by molar-refractivity contribution is 6.05. The maximum atomic E-state index is 14.8. The number of ketones is 1. The monoisotopic (exact) mass is 1600 g/mol. The number of esters is 1. The lowest BCUT2D eigenvalue weighted by atomic mass is 9.96. The maximum Gasteiger partial charge on any atom is 0.329 e. The van der Waals surface area contributed by atoms with Gasteiger partial charge in [0.1, 0.15) is 72.6 Å². The highest BCUT2D eigenvalue weighted by atomic mass is 16.5. The molecule has 622 valence electrons. The van der Waals surface area contributed by atoms with E-state index in [1.54, 1.807) is 30.3 Å². The van der Waals surface area contributed by atoms with Crippen LogP contribution in [0.2, 0.25) is 0 Å². The molecule has 3 rings (SSSR count). The number of aliphatic carboxylic acids is 4. The lowest BCUT2D eigenvalue weighted by Gasteiger charge is -2.30. The number of primary amides is 1. The van der Waals surface area contributed by atoms with Crippen molar-refractivity contribution in [2.45, 2.75) is 203 Å². The van der Waals surface area contributed by atoms with Crippen LogP contribution in [0.15, 0.2) is 54.6 Å². The first-order valence-electron chi connectivity index (χ1n) is 36.1. The van der Waals surface area contributed by atoms with Crippen LogP contribution in [0.25, 0.3) is 0 Å². The summed E-state index contributed by atoms with van der Waals surface area (Å²) < 4.78 is 5.66. The number of nitrogen functional groups attached to an aromatic ring is 1. The first kappa shape index (κ1) is 94.8. The first-order valence-corrected chi connectivity index (χ1v) is 36.1. The van der Waals surface area contributed by atoms with Crippen molar-refractivity contribution in [1.82, 2.24) is 74.4 Å². The number of aliphatic hydroxyl groups excluding tert-OH is 1. The summed E-state index contributed by atoms with van der Waals surface area (Å²) in [5.41, 5.74) is 17.3. The molecule has 0 saturated carbocycles. The van der Waals surface area contributed by atoms with E-state index < -0.39 is 262 Å². The number of anilines is 1. The zero-order chi connectivity index (χ0) is 84.6. The van der Waals surface area contributed by atoms with Gasteiger partial charge in [-0.2, -0.15) is 0 Å². The number of amides is 15. The number of rotatable bonds is 35. The van der Waals surface area contributed by atoms with Gasteiger partial charge in [-0.15, -0.1) is 0 Å². The van der Waals surface area contributed by atoms with Gasteiger partial charge in [-0.05, 0) is 63.3 Å². The number of carboxylic acid groups (broad SMARTS) is 4. The van der Waals surface area contributed by atoms with Gasteiger partial charge in [0, 0.05) is 30.6 Å². The molecule has 0 bridgehead atoms. The zero-order valence-electron chi connectivity index (χ0n) is 62.6. The number of urea groups is 1. The van der Waals surface area contributed by atoms with Crippen LogP contribution in [-0.4, -0.2) is 249 Å². The molecule has 15 amide bonds. The Labute approximate surface area is 647 Å². The van der Waals surface area contributed by atoms with Gasteiger partial charge in [-0.25, -0.2) is 9.59 Å². The van der Waals surface area contributed by atoms with Crippen LogP contribution in [0.4, 0.5) is 10.5 Å². The van der Waals surface area contributed by atoms with E-state index >= 15 is 0 Å². The second kappa shape index (κ2) is 49.0. The molecule has 43 nitrogen and oxygen atoms in total. The van der Waals surface area contributed by atoms with E-state index in [2.05, 4.69) is 65.4 Å². The molecule has 2 aromatic rings. The predicted molar refractivity (Wildman–Crippen MR) is 392 cm³/mol. The summed E-state index contributed by atoms with van der Waals surface area (Å²) in [7, 11) is 0. The van der Waals surface area contributed by atoms with E-state index in [4.69, 9.17) is 21.9 Å². The molecular weight excluding hydrogens is 1490 g/mol. The van der Waals surface area contributed by atoms with Crippen molar-refractivity contribution >= 4 is 124 Å². The van der Waals surface area contributed by atoms with Gasteiger partial charge in [0.25, 0.3) is 0 Å². The van der Waals surface area contributed by atoms with Crippen molar-refractivity contribution in [3.63, 3.8) is 0 Å². The van der Waals surface area contributed by atoms with Gasteiger partial charge < -0.3 is 122 Å². The summed E-state index contributed by atoms with van der Waals surface area (Å²) in [6.07, 6.45) is -3.41. The van der Waals surface area contributed by atoms with Crippen molar-refractivity contribution in [3.8, 4) is 0 Å².